The second kappa shape index (κ2) is 11.6. The first-order chi connectivity index (χ1) is 17.3. The standard InChI is InChI=1S/C26H32F3N3O4/c1-35-19-7-5-18(6-8-19)20-17-21-22(26(27,28)29)3-2-4-23(21)32(25(34)24(20)33)12-10-30-9-11-31-13-15-36-16-14-31/h2-8,20,24,30,33H,9-17H2,1H3/t20?,24-/m1/s1. The summed E-state index contributed by atoms with van der Waals surface area (Å²) in [5.41, 5.74) is -0.000322. The van der Waals surface area contributed by atoms with Gasteiger partial charge in [0.15, 0.2) is 0 Å². The second-order valence-electron chi connectivity index (χ2n) is 9.02. The lowest BCUT2D eigenvalue weighted by atomic mass is 9.86. The van der Waals surface area contributed by atoms with E-state index in [1.807, 2.05) is 0 Å². The molecule has 2 heterocycles. The highest BCUT2D eigenvalue weighted by Crippen LogP contribution is 2.42. The summed E-state index contributed by atoms with van der Waals surface area (Å²) in [6.07, 6.45) is -6.19. The van der Waals surface area contributed by atoms with Crippen molar-refractivity contribution in [3.8, 4) is 5.75 Å². The van der Waals surface area contributed by atoms with Crippen LogP contribution in [0.3, 0.4) is 0 Å². The minimum Gasteiger partial charge on any atom is -0.497 e. The molecule has 0 saturated carbocycles. The lowest BCUT2D eigenvalue weighted by Crippen LogP contribution is -2.45. The Morgan fingerprint density at radius 2 is 1.78 bits per heavy atom. The number of rotatable bonds is 8. The Hall–Kier alpha value is -2.66. The van der Waals surface area contributed by atoms with E-state index in [0.717, 1.165) is 25.7 Å². The smallest absolute Gasteiger partial charge is 0.416 e. The largest absolute Gasteiger partial charge is 0.497 e. The number of benzene rings is 2. The molecule has 0 bridgehead atoms. The molecule has 2 atom stereocenters. The zero-order chi connectivity index (χ0) is 25.7. The highest BCUT2D eigenvalue weighted by Gasteiger charge is 2.41. The number of alkyl halides is 3. The molecule has 1 amide bonds. The summed E-state index contributed by atoms with van der Waals surface area (Å²) >= 11 is 0. The van der Waals surface area contributed by atoms with Crippen LogP contribution in [0.25, 0.3) is 0 Å². The molecule has 2 aromatic carbocycles. The average molecular weight is 508 g/mol. The van der Waals surface area contributed by atoms with Gasteiger partial charge in [-0.15, -0.1) is 0 Å². The van der Waals surface area contributed by atoms with E-state index >= 15 is 0 Å². The van der Waals surface area contributed by atoms with Crippen molar-refractivity contribution in [1.82, 2.24) is 10.2 Å². The van der Waals surface area contributed by atoms with Crippen molar-refractivity contribution in [1.29, 1.82) is 0 Å². The molecule has 1 fully saturated rings. The SMILES string of the molecule is COc1ccc(C2Cc3c(cccc3C(F)(F)F)N(CCNCCN3CCOCC3)C(=O)[C@@H]2O)cc1. The summed E-state index contributed by atoms with van der Waals surface area (Å²) in [6, 6.07) is 10.6. The monoisotopic (exact) mass is 507 g/mol. The summed E-state index contributed by atoms with van der Waals surface area (Å²) in [5, 5.41) is 14.3. The molecule has 1 unspecified atom stereocenters. The van der Waals surface area contributed by atoms with Gasteiger partial charge >= 0.3 is 6.18 Å². The lowest BCUT2D eigenvalue weighted by Gasteiger charge is -2.28. The Labute approximate surface area is 208 Å². The maximum atomic E-state index is 14.0. The molecule has 4 rings (SSSR count). The first-order valence-corrected chi connectivity index (χ1v) is 12.1. The minimum atomic E-state index is -4.59. The predicted molar refractivity (Wildman–Crippen MR) is 129 cm³/mol. The number of hydrogen-bond donors (Lipinski definition) is 2. The Bertz CT molecular complexity index is 1030. The normalized spacial score (nSPS) is 21.2. The molecule has 2 aromatic rings. The average Bonchev–Trinajstić information content (AvgIpc) is 2.98. The zero-order valence-corrected chi connectivity index (χ0v) is 20.3. The summed E-state index contributed by atoms with van der Waals surface area (Å²) in [7, 11) is 1.51. The van der Waals surface area contributed by atoms with Crippen LogP contribution < -0.4 is 15.0 Å². The summed E-state index contributed by atoms with van der Waals surface area (Å²) < 4.78 is 52.4. The van der Waals surface area contributed by atoms with Gasteiger partial charge < -0.3 is 24.8 Å². The van der Waals surface area contributed by atoms with Gasteiger partial charge in [0.1, 0.15) is 11.9 Å². The number of morpholine rings is 1. The quantitative estimate of drug-likeness (QED) is 0.536. The van der Waals surface area contributed by atoms with E-state index in [9.17, 15) is 23.1 Å². The van der Waals surface area contributed by atoms with Crippen LogP contribution in [-0.2, 0) is 22.1 Å². The molecule has 0 aromatic heterocycles. The number of nitrogens with one attached hydrogen (secondary N) is 1. The van der Waals surface area contributed by atoms with E-state index in [1.54, 1.807) is 24.3 Å². The van der Waals surface area contributed by atoms with Gasteiger partial charge in [0, 0.05) is 50.9 Å². The molecule has 196 valence electrons. The zero-order valence-electron chi connectivity index (χ0n) is 20.3. The second-order valence-corrected chi connectivity index (χ2v) is 9.02. The number of ether oxygens (including phenoxy) is 2. The van der Waals surface area contributed by atoms with Crippen molar-refractivity contribution >= 4 is 11.6 Å². The molecule has 36 heavy (non-hydrogen) atoms. The number of halogens is 3. The third-order valence-corrected chi connectivity index (χ3v) is 6.84. The van der Waals surface area contributed by atoms with E-state index in [2.05, 4.69) is 10.2 Å². The number of amides is 1. The summed E-state index contributed by atoms with van der Waals surface area (Å²) in [5.74, 6) is -0.858. The molecule has 2 aliphatic rings. The number of fused-ring (bicyclic) bond motifs is 1. The van der Waals surface area contributed by atoms with Crippen LogP contribution in [0, 0.1) is 0 Å². The van der Waals surface area contributed by atoms with Gasteiger partial charge in [0.2, 0.25) is 0 Å². The van der Waals surface area contributed by atoms with Crippen LogP contribution >= 0.6 is 0 Å². The molecule has 0 spiro atoms. The Morgan fingerprint density at radius 1 is 1.08 bits per heavy atom. The number of nitrogens with zero attached hydrogens (tertiary/aromatic N) is 2. The fourth-order valence-electron chi connectivity index (χ4n) is 4.85. The van der Waals surface area contributed by atoms with Gasteiger partial charge in [-0.3, -0.25) is 9.69 Å². The summed E-state index contributed by atoms with van der Waals surface area (Å²) in [6.45, 7) is 5.14. The highest BCUT2D eigenvalue weighted by molar-refractivity contribution is 5.99. The topological polar surface area (TPSA) is 74.3 Å². The number of aliphatic hydroxyl groups is 1. The number of anilines is 1. The Morgan fingerprint density at radius 3 is 2.44 bits per heavy atom. The Balaban J connectivity index is 1.56. The number of carbonyl (C=O) groups excluding carboxylic acids is 1. The molecule has 10 heteroatoms. The van der Waals surface area contributed by atoms with Crippen LogP contribution in [0.1, 0.15) is 22.6 Å². The maximum Gasteiger partial charge on any atom is 0.416 e. The van der Waals surface area contributed by atoms with Gasteiger partial charge in [0.05, 0.1) is 25.9 Å². The van der Waals surface area contributed by atoms with Crippen LogP contribution in [-0.4, -0.2) is 81.6 Å². The van der Waals surface area contributed by atoms with E-state index in [0.29, 0.717) is 37.6 Å². The number of methoxy groups -OCH3 is 1. The van der Waals surface area contributed by atoms with Crippen molar-refractivity contribution in [3.05, 3.63) is 59.2 Å². The first kappa shape index (κ1) is 26.4. The van der Waals surface area contributed by atoms with E-state index < -0.39 is 29.7 Å². The fraction of sp³-hybridized carbons (Fsp3) is 0.500. The molecular weight excluding hydrogens is 475 g/mol. The van der Waals surface area contributed by atoms with Gasteiger partial charge in [-0.25, -0.2) is 0 Å². The van der Waals surface area contributed by atoms with Crippen molar-refractivity contribution in [2.45, 2.75) is 24.6 Å². The van der Waals surface area contributed by atoms with E-state index in [-0.39, 0.29) is 24.2 Å². The van der Waals surface area contributed by atoms with Crippen LogP contribution in [0.2, 0.25) is 0 Å². The minimum absolute atomic E-state index is 0.0176. The van der Waals surface area contributed by atoms with Crippen LogP contribution in [0.15, 0.2) is 42.5 Å². The number of carbonyl (C=O) groups is 1. The number of aliphatic hydroxyl groups excluding tert-OH is 1. The molecule has 0 radical (unpaired) electrons. The fourth-order valence-corrected chi connectivity index (χ4v) is 4.85. The van der Waals surface area contributed by atoms with Gasteiger partial charge in [-0.2, -0.15) is 13.2 Å². The molecule has 7 nitrogen and oxygen atoms in total. The molecule has 2 N–H and O–H groups in total. The van der Waals surface area contributed by atoms with Crippen molar-refractivity contribution in [2.24, 2.45) is 0 Å². The van der Waals surface area contributed by atoms with Gasteiger partial charge in [0.25, 0.3) is 5.91 Å². The molecule has 2 aliphatic heterocycles. The lowest BCUT2D eigenvalue weighted by molar-refractivity contribution is -0.138. The third-order valence-electron chi connectivity index (χ3n) is 6.84. The predicted octanol–water partition coefficient (Wildman–Crippen LogP) is 2.67. The van der Waals surface area contributed by atoms with Crippen LogP contribution in [0.5, 0.6) is 5.75 Å². The Kier molecular flexibility index (Phi) is 8.50. The molecule has 1 saturated heterocycles. The van der Waals surface area contributed by atoms with Gasteiger partial charge in [-0.1, -0.05) is 18.2 Å². The van der Waals surface area contributed by atoms with Crippen molar-refractivity contribution in [3.63, 3.8) is 0 Å². The molecular formula is C26H32F3N3O4. The highest BCUT2D eigenvalue weighted by atomic mass is 19.4. The number of hydrogen-bond acceptors (Lipinski definition) is 6. The molecule has 0 aliphatic carbocycles. The van der Waals surface area contributed by atoms with E-state index in [4.69, 9.17) is 9.47 Å². The summed E-state index contributed by atoms with van der Waals surface area (Å²) in [4.78, 5) is 17.0. The van der Waals surface area contributed by atoms with E-state index in [1.165, 1.54) is 24.1 Å². The van der Waals surface area contributed by atoms with Crippen molar-refractivity contribution < 1.29 is 32.5 Å². The van der Waals surface area contributed by atoms with Crippen molar-refractivity contribution in [2.75, 3.05) is 64.5 Å². The van der Waals surface area contributed by atoms with Crippen LogP contribution in [0.4, 0.5) is 18.9 Å². The maximum absolute atomic E-state index is 14.0. The third kappa shape index (κ3) is 6.00. The van der Waals surface area contributed by atoms with Gasteiger partial charge in [-0.05, 0) is 41.8 Å². The first-order valence-electron chi connectivity index (χ1n) is 12.1.